The van der Waals surface area contributed by atoms with E-state index in [1.165, 1.54) is 64.2 Å². The first-order valence-electron chi connectivity index (χ1n) is 9.25. The molecular formula is C18H40O2Sn. The molecule has 128 valence electrons. The third-order valence-electron chi connectivity index (χ3n) is 3.51. The minimum atomic E-state index is -0.125. The molecule has 0 aromatic heterocycles. The van der Waals surface area contributed by atoms with Crippen LogP contribution < -0.4 is 0 Å². The Balaban J connectivity index is 0. The zero-order valence-electron chi connectivity index (χ0n) is 14.7. The molecule has 0 aliphatic rings. The first-order valence-corrected chi connectivity index (χ1v) is 13.3. The second kappa shape index (κ2) is 25.7. The van der Waals surface area contributed by atoms with Crippen LogP contribution in [0, 0.1) is 0 Å². The normalized spacial score (nSPS) is 10.3. The Hall–Kier alpha value is 0.719. The van der Waals surface area contributed by atoms with Crippen LogP contribution in [0.5, 0.6) is 0 Å². The Morgan fingerprint density at radius 2 is 0.857 bits per heavy atom. The molecule has 0 aromatic rings. The molecular weight excluding hydrogens is 367 g/mol. The van der Waals surface area contributed by atoms with Crippen molar-refractivity contribution >= 4 is 21.1 Å². The van der Waals surface area contributed by atoms with Gasteiger partial charge in [-0.25, -0.2) is 0 Å². The molecule has 2 N–H and O–H groups in total. The van der Waals surface area contributed by atoms with Gasteiger partial charge in [0.1, 0.15) is 0 Å². The average molecular weight is 407 g/mol. The average Bonchev–Trinajstić information content (AvgIpc) is 2.52. The van der Waals surface area contributed by atoms with Crippen LogP contribution >= 0.6 is 0 Å². The van der Waals surface area contributed by atoms with Gasteiger partial charge in [0.25, 0.3) is 0 Å². The molecule has 0 unspecified atom stereocenters. The summed E-state index contributed by atoms with van der Waals surface area (Å²) in [7, 11) is 0. The van der Waals surface area contributed by atoms with E-state index in [0.29, 0.717) is 0 Å². The standard InChI is InChI=1S/2C8H17.C2H6O2.Sn/c2*1-3-5-7-8-6-4-2;3-1-2-4;/h2*1,3-8H2,2H3;3-4H,1-2H2;. The number of hydrogen-bond acceptors (Lipinski definition) is 2. The summed E-state index contributed by atoms with van der Waals surface area (Å²) in [6.07, 6.45) is 17.8. The molecule has 3 heteroatoms. The number of rotatable bonds is 15. The third kappa shape index (κ3) is 29.4. The molecule has 2 radical (unpaired) electrons. The molecule has 0 fully saturated rings. The van der Waals surface area contributed by atoms with Crippen molar-refractivity contribution in [3.05, 3.63) is 0 Å². The molecule has 0 rings (SSSR count). The minimum Gasteiger partial charge on any atom is -0.394 e. The molecule has 0 saturated carbocycles. The second-order valence-corrected chi connectivity index (χ2v) is 10.0. The van der Waals surface area contributed by atoms with E-state index in [4.69, 9.17) is 10.2 Å². The Kier molecular flexibility index (Phi) is 29.3. The van der Waals surface area contributed by atoms with Crippen molar-refractivity contribution in [3.8, 4) is 0 Å². The SMILES string of the molecule is CCCCCCC[CH2][Sn][CH2]CCCCCCC.OCCO. The molecule has 0 amide bonds. The van der Waals surface area contributed by atoms with Gasteiger partial charge in [-0.05, 0) is 0 Å². The summed E-state index contributed by atoms with van der Waals surface area (Å²) in [4.78, 5) is 0. The predicted octanol–water partition coefficient (Wildman–Crippen LogP) is 5.22. The van der Waals surface area contributed by atoms with E-state index in [0.717, 1.165) is 0 Å². The van der Waals surface area contributed by atoms with Crippen molar-refractivity contribution < 1.29 is 10.2 Å². The number of aliphatic hydroxyl groups is 2. The quantitative estimate of drug-likeness (QED) is 0.289. The van der Waals surface area contributed by atoms with Gasteiger partial charge in [0.15, 0.2) is 0 Å². The summed E-state index contributed by atoms with van der Waals surface area (Å²) in [5.41, 5.74) is 0. The topological polar surface area (TPSA) is 40.5 Å². The van der Waals surface area contributed by atoms with Gasteiger partial charge < -0.3 is 10.2 Å². The third-order valence-corrected chi connectivity index (χ3v) is 7.55. The Bertz CT molecular complexity index is 138. The Morgan fingerprint density at radius 1 is 0.524 bits per heavy atom. The van der Waals surface area contributed by atoms with Crippen LogP contribution in [-0.4, -0.2) is 44.6 Å². The van der Waals surface area contributed by atoms with Gasteiger partial charge >= 0.3 is 121 Å². The molecule has 0 aliphatic heterocycles. The van der Waals surface area contributed by atoms with Crippen LogP contribution in [0.25, 0.3) is 0 Å². The van der Waals surface area contributed by atoms with Crippen molar-refractivity contribution in [2.75, 3.05) is 13.2 Å². The fraction of sp³-hybridized carbons (Fsp3) is 1.00. The van der Waals surface area contributed by atoms with Crippen LogP contribution in [0.2, 0.25) is 8.87 Å². The maximum Gasteiger partial charge on any atom is 0.0662 e. The first-order chi connectivity index (χ1) is 10.3. The number of unbranched alkanes of at least 4 members (excludes halogenated alkanes) is 10. The summed E-state index contributed by atoms with van der Waals surface area (Å²) in [6.45, 7) is 4.35. The smallest absolute Gasteiger partial charge is 0.0662 e. The van der Waals surface area contributed by atoms with E-state index in [2.05, 4.69) is 13.8 Å². The monoisotopic (exact) mass is 408 g/mol. The van der Waals surface area contributed by atoms with Gasteiger partial charge in [0, 0.05) is 0 Å². The fourth-order valence-electron chi connectivity index (χ4n) is 2.19. The van der Waals surface area contributed by atoms with Crippen molar-refractivity contribution in [1.82, 2.24) is 0 Å². The molecule has 21 heavy (non-hydrogen) atoms. The van der Waals surface area contributed by atoms with Gasteiger partial charge in [0.2, 0.25) is 0 Å². The maximum absolute atomic E-state index is 7.62. The molecule has 0 atom stereocenters. The molecule has 0 aliphatic carbocycles. The molecule has 0 aromatic carbocycles. The van der Waals surface area contributed by atoms with Gasteiger partial charge in [0.05, 0.1) is 13.2 Å². The zero-order valence-corrected chi connectivity index (χ0v) is 17.6. The summed E-state index contributed by atoms with van der Waals surface area (Å²) in [5, 5.41) is 15.2. The summed E-state index contributed by atoms with van der Waals surface area (Å²) in [5.74, 6) is 0. The minimum absolute atomic E-state index is 0.0736. The number of hydrogen-bond donors (Lipinski definition) is 2. The van der Waals surface area contributed by atoms with Crippen LogP contribution in [-0.2, 0) is 0 Å². The predicted molar refractivity (Wildman–Crippen MR) is 96.3 cm³/mol. The number of aliphatic hydroxyl groups excluding tert-OH is 2. The van der Waals surface area contributed by atoms with Gasteiger partial charge in [-0.2, -0.15) is 0 Å². The molecule has 2 nitrogen and oxygen atoms in total. The van der Waals surface area contributed by atoms with Gasteiger partial charge in [-0.1, -0.05) is 0 Å². The Labute approximate surface area is 144 Å². The van der Waals surface area contributed by atoms with Gasteiger partial charge in [-0.3, -0.25) is 0 Å². The largest absolute Gasteiger partial charge is 0.394 e. The molecule has 0 spiro atoms. The van der Waals surface area contributed by atoms with Crippen molar-refractivity contribution in [3.63, 3.8) is 0 Å². The van der Waals surface area contributed by atoms with E-state index >= 15 is 0 Å². The van der Waals surface area contributed by atoms with E-state index in [-0.39, 0.29) is 34.4 Å². The molecule has 0 saturated heterocycles. The van der Waals surface area contributed by atoms with Crippen molar-refractivity contribution in [2.45, 2.75) is 99.8 Å². The van der Waals surface area contributed by atoms with Crippen LogP contribution in [0.15, 0.2) is 0 Å². The fourth-order valence-corrected chi connectivity index (χ4v) is 5.75. The van der Waals surface area contributed by atoms with Crippen LogP contribution in [0.1, 0.15) is 90.9 Å². The second-order valence-electron chi connectivity index (χ2n) is 5.73. The van der Waals surface area contributed by atoms with E-state index in [1.54, 1.807) is 21.7 Å². The molecule has 0 bridgehead atoms. The van der Waals surface area contributed by atoms with E-state index in [9.17, 15) is 0 Å². The zero-order chi connectivity index (χ0) is 16.0. The summed E-state index contributed by atoms with van der Waals surface area (Å²) >= 11 is 0.0736. The van der Waals surface area contributed by atoms with Crippen molar-refractivity contribution in [1.29, 1.82) is 0 Å². The van der Waals surface area contributed by atoms with Crippen LogP contribution in [0.4, 0.5) is 0 Å². The Morgan fingerprint density at radius 3 is 1.19 bits per heavy atom. The van der Waals surface area contributed by atoms with Gasteiger partial charge in [-0.15, -0.1) is 0 Å². The van der Waals surface area contributed by atoms with E-state index < -0.39 is 0 Å². The first kappa shape index (κ1) is 24.0. The maximum atomic E-state index is 7.62. The van der Waals surface area contributed by atoms with Crippen molar-refractivity contribution in [2.24, 2.45) is 0 Å². The summed E-state index contributed by atoms with van der Waals surface area (Å²) in [6, 6.07) is 0. The molecule has 0 heterocycles. The van der Waals surface area contributed by atoms with E-state index in [1.807, 2.05) is 0 Å². The summed E-state index contributed by atoms with van der Waals surface area (Å²) < 4.78 is 3.31. The van der Waals surface area contributed by atoms with Crippen LogP contribution in [0.3, 0.4) is 0 Å².